The molecule has 1 saturated heterocycles. The summed E-state index contributed by atoms with van der Waals surface area (Å²) in [6, 6.07) is 19.9. The normalized spacial score (nSPS) is 18.2. The quantitative estimate of drug-likeness (QED) is 0.866. The van der Waals surface area contributed by atoms with Crippen LogP contribution in [0, 0.1) is 11.8 Å². The molecule has 2 aromatic carbocycles. The summed E-state index contributed by atoms with van der Waals surface area (Å²) >= 11 is 0. The third kappa shape index (κ3) is 4.31. The SMILES string of the molecule is CC(C)C(NC(=O)C1CC(=O)N(Cc2ccccc2)C1)c1ccccc1. The van der Waals surface area contributed by atoms with E-state index in [1.54, 1.807) is 4.90 Å². The number of likely N-dealkylation sites (tertiary alicyclic amines) is 1. The smallest absolute Gasteiger partial charge is 0.225 e. The molecule has 0 aromatic heterocycles. The molecule has 0 aliphatic carbocycles. The lowest BCUT2D eigenvalue weighted by Gasteiger charge is -2.24. The van der Waals surface area contributed by atoms with Gasteiger partial charge in [-0.05, 0) is 17.0 Å². The van der Waals surface area contributed by atoms with Gasteiger partial charge in [0.2, 0.25) is 11.8 Å². The number of nitrogens with one attached hydrogen (secondary N) is 1. The number of carbonyl (C=O) groups excluding carboxylic acids is 2. The zero-order valence-corrected chi connectivity index (χ0v) is 15.4. The zero-order valence-electron chi connectivity index (χ0n) is 15.4. The Morgan fingerprint density at radius 1 is 1.08 bits per heavy atom. The van der Waals surface area contributed by atoms with E-state index >= 15 is 0 Å². The van der Waals surface area contributed by atoms with Crippen molar-refractivity contribution in [3.63, 3.8) is 0 Å². The lowest BCUT2D eigenvalue weighted by Crippen LogP contribution is -2.37. The number of nitrogens with zero attached hydrogens (tertiary/aromatic N) is 1. The van der Waals surface area contributed by atoms with Crippen molar-refractivity contribution in [2.45, 2.75) is 32.9 Å². The molecule has 1 aliphatic rings. The minimum atomic E-state index is -0.281. The van der Waals surface area contributed by atoms with Crippen LogP contribution in [0.4, 0.5) is 0 Å². The molecule has 2 atom stereocenters. The first-order valence-corrected chi connectivity index (χ1v) is 9.21. The zero-order chi connectivity index (χ0) is 18.5. The Morgan fingerprint density at radius 2 is 1.69 bits per heavy atom. The third-order valence-electron chi connectivity index (χ3n) is 4.92. The number of carbonyl (C=O) groups is 2. The molecule has 0 bridgehead atoms. The van der Waals surface area contributed by atoms with Crippen molar-refractivity contribution in [3.05, 3.63) is 71.8 Å². The second kappa shape index (κ2) is 8.17. The fraction of sp³-hybridized carbons (Fsp3) is 0.364. The largest absolute Gasteiger partial charge is 0.349 e. The van der Waals surface area contributed by atoms with Crippen LogP contribution >= 0.6 is 0 Å². The average Bonchev–Trinajstić information content (AvgIpc) is 3.01. The van der Waals surface area contributed by atoms with Crippen molar-refractivity contribution < 1.29 is 9.59 Å². The molecule has 1 heterocycles. The molecular formula is C22H26N2O2. The topological polar surface area (TPSA) is 49.4 Å². The Morgan fingerprint density at radius 3 is 2.31 bits per heavy atom. The van der Waals surface area contributed by atoms with Crippen LogP contribution in [0.3, 0.4) is 0 Å². The van der Waals surface area contributed by atoms with Crippen LogP contribution in [-0.4, -0.2) is 23.3 Å². The molecule has 4 nitrogen and oxygen atoms in total. The lowest BCUT2D eigenvalue weighted by atomic mass is 9.95. The summed E-state index contributed by atoms with van der Waals surface area (Å²) in [5, 5.41) is 3.16. The van der Waals surface area contributed by atoms with Crippen LogP contribution in [0.2, 0.25) is 0 Å². The highest BCUT2D eigenvalue weighted by Crippen LogP contribution is 2.25. The van der Waals surface area contributed by atoms with E-state index in [4.69, 9.17) is 0 Å². The van der Waals surface area contributed by atoms with Crippen molar-refractivity contribution >= 4 is 11.8 Å². The molecule has 0 saturated carbocycles. The molecule has 1 N–H and O–H groups in total. The van der Waals surface area contributed by atoms with Crippen LogP contribution in [0.1, 0.15) is 37.4 Å². The number of amides is 2. The number of benzene rings is 2. The predicted molar refractivity (Wildman–Crippen MR) is 102 cm³/mol. The van der Waals surface area contributed by atoms with Crippen LogP contribution in [0.25, 0.3) is 0 Å². The first-order valence-electron chi connectivity index (χ1n) is 9.21. The van der Waals surface area contributed by atoms with Crippen LogP contribution < -0.4 is 5.32 Å². The van der Waals surface area contributed by atoms with Gasteiger partial charge in [0.15, 0.2) is 0 Å². The van der Waals surface area contributed by atoms with E-state index in [1.165, 1.54) is 0 Å². The van der Waals surface area contributed by atoms with Gasteiger partial charge in [0, 0.05) is 19.5 Å². The molecule has 1 fully saturated rings. The van der Waals surface area contributed by atoms with Crippen molar-refractivity contribution in [1.82, 2.24) is 10.2 Å². The molecule has 2 unspecified atom stereocenters. The minimum absolute atomic E-state index is 0.0311. The molecule has 3 rings (SSSR count). The first kappa shape index (κ1) is 18.2. The maximum Gasteiger partial charge on any atom is 0.225 e. The molecule has 0 radical (unpaired) electrons. The number of rotatable bonds is 6. The molecule has 0 spiro atoms. The highest BCUT2D eigenvalue weighted by Gasteiger charge is 2.35. The predicted octanol–water partition coefficient (Wildman–Crippen LogP) is 3.55. The van der Waals surface area contributed by atoms with Crippen molar-refractivity contribution in [1.29, 1.82) is 0 Å². The maximum absolute atomic E-state index is 12.8. The van der Waals surface area contributed by atoms with Gasteiger partial charge < -0.3 is 10.2 Å². The summed E-state index contributed by atoms with van der Waals surface area (Å²) in [6.07, 6.45) is 0.290. The Bertz CT molecular complexity index is 743. The Balaban J connectivity index is 1.64. The van der Waals surface area contributed by atoms with Gasteiger partial charge in [-0.3, -0.25) is 9.59 Å². The second-order valence-electron chi connectivity index (χ2n) is 7.30. The number of hydrogen-bond acceptors (Lipinski definition) is 2. The van der Waals surface area contributed by atoms with E-state index in [0.717, 1.165) is 11.1 Å². The Kier molecular flexibility index (Phi) is 5.71. The summed E-state index contributed by atoms with van der Waals surface area (Å²) in [5.41, 5.74) is 2.19. The van der Waals surface area contributed by atoms with Gasteiger partial charge in [0.1, 0.15) is 0 Å². The summed E-state index contributed by atoms with van der Waals surface area (Å²) in [4.78, 5) is 26.9. The summed E-state index contributed by atoms with van der Waals surface area (Å²) < 4.78 is 0. The molecule has 136 valence electrons. The first-order chi connectivity index (χ1) is 12.5. The molecule has 26 heavy (non-hydrogen) atoms. The van der Waals surface area contributed by atoms with Gasteiger partial charge in [-0.25, -0.2) is 0 Å². The monoisotopic (exact) mass is 350 g/mol. The highest BCUT2D eigenvalue weighted by atomic mass is 16.2. The average molecular weight is 350 g/mol. The van der Waals surface area contributed by atoms with Gasteiger partial charge in [0.25, 0.3) is 0 Å². The van der Waals surface area contributed by atoms with Crippen LogP contribution in [0.5, 0.6) is 0 Å². The van der Waals surface area contributed by atoms with E-state index in [2.05, 4.69) is 19.2 Å². The van der Waals surface area contributed by atoms with Crippen molar-refractivity contribution in [3.8, 4) is 0 Å². The van der Waals surface area contributed by atoms with E-state index in [1.807, 2.05) is 60.7 Å². The van der Waals surface area contributed by atoms with E-state index in [-0.39, 0.29) is 36.1 Å². The van der Waals surface area contributed by atoms with Gasteiger partial charge in [-0.2, -0.15) is 0 Å². The fourth-order valence-corrected chi connectivity index (χ4v) is 3.47. The minimum Gasteiger partial charge on any atom is -0.349 e. The fourth-order valence-electron chi connectivity index (χ4n) is 3.47. The molecular weight excluding hydrogens is 324 g/mol. The molecule has 4 heteroatoms. The van der Waals surface area contributed by atoms with Gasteiger partial charge in [0.05, 0.1) is 12.0 Å². The summed E-state index contributed by atoms with van der Waals surface area (Å²) in [5.74, 6) is 0.0151. The van der Waals surface area contributed by atoms with Crippen LogP contribution in [-0.2, 0) is 16.1 Å². The Labute approximate surface area is 155 Å². The Hall–Kier alpha value is -2.62. The number of hydrogen-bond donors (Lipinski definition) is 1. The van der Waals surface area contributed by atoms with E-state index < -0.39 is 0 Å². The highest BCUT2D eigenvalue weighted by molar-refractivity contribution is 5.89. The van der Waals surface area contributed by atoms with Gasteiger partial charge in [-0.15, -0.1) is 0 Å². The van der Waals surface area contributed by atoms with Crippen LogP contribution in [0.15, 0.2) is 60.7 Å². The molecule has 2 amide bonds. The molecule has 1 aliphatic heterocycles. The summed E-state index contributed by atoms with van der Waals surface area (Å²) in [6.45, 7) is 5.24. The van der Waals surface area contributed by atoms with Gasteiger partial charge in [-0.1, -0.05) is 74.5 Å². The van der Waals surface area contributed by atoms with Gasteiger partial charge >= 0.3 is 0 Å². The van der Waals surface area contributed by atoms with Crippen molar-refractivity contribution in [2.24, 2.45) is 11.8 Å². The second-order valence-corrected chi connectivity index (χ2v) is 7.30. The third-order valence-corrected chi connectivity index (χ3v) is 4.92. The maximum atomic E-state index is 12.8. The van der Waals surface area contributed by atoms with E-state index in [0.29, 0.717) is 13.1 Å². The lowest BCUT2D eigenvalue weighted by molar-refractivity contribution is -0.129. The van der Waals surface area contributed by atoms with E-state index in [9.17, 15) is 9.59 Å². The van der Waals surface area contributed by atoms with Crippen molar-refractivity contribution in [2.75, 3.05) is 6.54 Å². The molecule has 2 aromatic rings. The summed E-state index contributed by atoms with van der Waals surface area (Å²) in [7, 11) is 0. The standard InChI is InChI=1S/C22H26N2O2/c1-16(2)21(18-11-7-4-8-12-18)23-22(26)19-13-20(25)24(15-19)14-17-9-5-3-6-10-17/h3-12,16,19,21H,13-15H2,1-2H3,(H,23,26).